The van der Waals surface area contributed by atoms with Gasteiger partial charge in [0.05, 0.1) is 6.20 Å². The van der Waals surface area contributed by atoms with E-state index in [-0.39, 0.29) is 17.8 Å². The third-order valence-corrected chi connectivity index (χ3v) is 4.91. The molecule has 6 heteroatoms. The van der Waals surface area contributed by atoms with Crippen LogP contribution in [0.5, 0.6) is 0 Å². The fraction of sp³-hybridized carbons (Fsp3) is 0.500. The summed E-state index contributed by atoms with van der Waals surface area (Å²) in [7, 11) is 1.54. The first-order valence-corrected chi connectivity index (χ1v) is 8.96. The lowest BCUT2D eigenvalue weighted by molar-refractivity contribution is -0.155. The van der Waals surface area contributed by atoms with E-state index in [2.05, 4.69) is 4.98 Å². The summed E-state index contributed by atoms with van der Waals surface area (Å²) in [6.45, 7) is 4.20. The van der Waals surface area contributed by atoms with Crippen LogP contribution in [-0.2, 0) is 16.0 Å². The highest BCUT2D eigenvalue weighted by atomic mass is 19.1. The molecule has 0 spiro atoms. The summed E-state index contributed by atoms with van der Waals surface area (Å²) in [5.41, 5.74) is -0.0585. The molecule has 1 aliphatic heterocycles. The number of carbonyl (C=O) groups excluding carboxylic acids is 1. The van der Waals surface area contributed by atoms with Crippen molar-refractivity contribution >= 4 is 5.91 Å². The van der Waals surface area contributed by atoms with E-state index in [0.29, 0.717) is 24.6 Å². The minimum Gasteiger partial charge on any atom is -0.443 e. The second kappa shape index (κ2) is 7.58. The maximum Gasteiger partial charge on any atom is 0.254 e. The third kappa shape index (κ3) is 3.96. The number of oxazole rings is 1. The van der Waals surface area contributed by atoms with Gasteiger partial charge >= 0.3 is 0 Å². The van der Waals surface area contributed by atoms with Gasteiger partial charge < -0.3 is 14.1 Å². The molecule has 5 nitrogen and oxygen atoms in total. The molecular weight excluding hydrogens is 335 g/mol. The van der Waals surface area contributed by atoms with Crippen molar-refractivity contribution in [1.82, 2.24) is 9.88 Å². The predicted molar refractivity (Wildman–Crippen MR) is 95.1 cm³/mol. The number of rotatable bonds is 5. The second-order valence-electron chi connectivity index (χ2n) is 7.20. The van der Waals surface area contributed by atoms with Crippen LogP contribution in [0.15, 0.2) is 34.9 Å². The fourth-order valence-corrected chi connectivity index (χ4v) is 3.27. The van der Waals surface area contributed by atoms with Crippen molar-refractivity contribution in [2.75, 3.05) is 13.7 Å². The van der Waals surface area contributed by atoms with Gasteiger partial charge in [0.1, 0.15) is 23.2 Å². The molecule has 0 bridgehead atoms. The average Bonchev–Trinajstić information content (AvgIpc) is 3.09. The first kappa shape index (κ1) is 18.6. The molecule has 2 aromatic rings. The van der Waals surface area contributed by atoms with Crippen LogP contribution in [0, 0.1) is 5.82 Å². The van der Waals surface area contributed by atoms with Gasteiger partial charge in [0.25, 0.3) is 5.91 Å². The summed E-state index contributed by atoms with van der Waals surface area (Å²) >= 11 is 0. The lowest BCUT2D eigenvalue weighted by atomic mass is 9.98. The van der Waals surface area contributed by atoms with E-state index < -0.39 is 5.60 Å². The number of hydrogen-bond donors (Lipinski definition) is 0. The number of carbonyl (C=O) groups is 1. The molecule has 0 N–H and O–H groups in total. The number of methoxy groups -OCH3 is 1. The summed E-state index contributed by atoms with van der Waals surface area (Å²) in [5, 5.41) is 0. The monoisotopic (exact) mass is 360 g/mol. The zero-order valence-corrected chi connectivity index (χ0v) is 15.5. The summed E-state index contributed by atoms with van der Waals surface area (Å²) in [5.74, 6) is 0.869. The molecule has 1 atom stereocenters. The van der Waals surface area contributed by atoms with Gasteiger partial charge in [-0.3, -0.25) is 4.79 Å². The Morgan fingerprint density at radius 1 is 1.42 bits per heavy atom. The summed E-state index contributed by atoms with van der Waals surface area (Å²) in [6.07, 6.45) is 4.92. The average molecular weight is 360 g/mol. The van der Waals surface area contributed by atoms with Gasteiger partial charge in [0.15, 0.2) is 0 Å². The zero-order valence-electron chi connectivity index (χ0n) is 15.5. The van der Waals surface area contributed by atoms with E-state index in [4.69, 9.17) is 9.15 Å². The van der Waals surface area contributed by atoms with Gasteiger partial charge in [-0.1, -0.05) is 12.1 Å². The van der Waals surface area contributed by atoms with Gasteiger partial charge in [-0.25, -0.2) is 9.37 Å². The summed E-state index contributed by atoms with van der Waals surface area (Å²) in [6, 6.07) is 6.24. The van der Waals surface area contributed by atoms with Crippen LogP contribution in [0.4, 0.5) is 4.39 Å². The molecule has 0 radical (unpaired) electrons. The number of hydrogen-bond acceptors (Lipinski definition) is 4. The van der Waals surface area contributed by atoms with Crippen molar-refractivity contribution in [2.45, 2.75) is 51.2 Å². The Hall–Kier alpha value is -2.21. The molecule has 140 valence electrons. The Balaban J connectivity index is 1.78. The van der Waals surface area contributed by atoms with Gasteiger partial charge in [-0.15, -0.1) is 0 Å². The molecule has 1 saturated heterocycles. The van der Waals surface area contributed by atoms with Crippen LogP contribution in [0.1, 0.15) is 56.4 Å². The van der Waals surface area contributed by atoms with E-state index in [9.17, 15) is 9.18 Å². The highest BCUT2D eigenvalue weighted by Gasteiger charge is 2.38. The van der Waals surface area contributed by atoms with E-state index >= 15 is 0 Å². The van der Waals surface area contributed by atoms with Crippen LogP contribution in [0.3, 0.4) is 0 Å². The number of nitrogens with zero attached hydrogens (tertiary/aromatic N) is 2. The molecule has 1 amide bonds. The first-order valence-electron chi connectivity index (χ1n) is 8.96. The number of likely N-dealkylation sites (tertiary alicyclic amines) is 1. The molecule has 26 heavy (non-hydrogen) atoms. The molecule has 1 fully saturated rings. The molecule has 1 aromatic heterocycles. The van der Waals surface area contributed by atoms with Crippen molar-refractivity contribution in [1.29, 1.82) is 0 Å². The van der Waals surface area contributed by atoms with Crippen LogP contribution in [0.2, 0.25) is 0 Å². The van der Waals surface area contributed by atoms with Gasteiger partial charge in [-0.2, -0.15) is 0 Å². The smallest absolute Gasteiger partial charge is 0.254 e. The number of amides is 1. The van der Waals surface area contributed by atoms with Gasteiger partial charge in [0, 0.05) is 20.1 Å². The van der Waals surface area contributed by atoms with E-state index in [1.807, 2.05) is 11.0 Å². The van der Waals surface area contributed by atoms with Crippen LogP contribution in [0.25, 0.3) is 0 Å². The lowest BCUT2D eigenvalue weighted by Crippen LogP contribution is -2.49. The molecule has 3 rings (SSSR count). The SMILES string of the molecule is COC(C)(C)C(=O)N1CCCC[C@@H]1c1ncc(Cc2cccc(F)c2)o1. The number of benzene rings is 1. The topological polar surface area (TPSA) is 55.6 Å². The van der Waals surface area contributed by atoms with E-state index in [1.54, 1.807) is 33.2 Å². The molecule has 1 aliphatic rings. The highest BCUT2D eigenvalue weighted by Crippen LogP contribution is 2.33. The van der Waals surface area contributed by atoms with Crippen LogP contribution >= 0.6 is 0 Å². The maximum absolute atomic E-state index is 13.3. The maximum atomic E-state index is 13.3. The number of aromatic nitrogens is 1. The normalized spacial score (nSPS) is 18.2. The highest BCUT2D eigenvalue weighted by molar-refractivity contribution is 5.84. The molecule has 0 aliphatic carbocycles. The van der Waals surface area contributed by atoms with Crippen molar-refractivity contribution in [3.63, 3.8) is 0 Å². The largest absolute Gasteiger partial charge is 0.443 e. The Kier molecular flexibility index (Phi) is 5.41. The summed E-state index contributed by atoms with van der Waals surface area (Å²) in [4.78, 5) is 19.1. The predicted octanol–water partition coefficient (Wildman–Crippen LogP) is 3.88. The molecule has 0 unspecified atom stereocenters. The second-order valence-corrected chi connectivity index (χ2v) is 7.20. The zero-order chi connectivity index (χ0) is 18.7. The Morgan fingerprint density at radius 3 is 2.96 bits per heavy atom. The Labute approximate surface area is 153 Å². The molecule has 2 heterocycles. The van der Waals surface area contributed by atoms with Crippen molar-refractivity contribution in [3.8, 4) is 0 Å². The van der Waals surface area contributed by atoms with Crippen molar-refractivity contribution in [3.05, 3.63) is 53.5 Å². The molecule has 1 aromatic carbocycles. The molecular formula is C20H25FN2O3. The quantitative estimate of drug-likeness (QED) is 0.812. The van der Waals surface area contributed by atoms with Crippen molar-refractivity contribution in [2.24, 2.45) is 0 Å². The standard InChI is InChI=1S/C20H25FN2O3/c1-20(2,25-3)19(24)23-10-5-4-9-17(23)18-22-13-16(26-18)12-14-7-6-8-15(21)11-14/h6-8,11,13,17H,4-5,9-10,12H2,1-3H3/t17-/m1/s1. The number of piperidine rings is 1. The number of halogens is 1. The minimum atomic E-state index is -0.882. The van der Waals surface area contributed by atoms with Gasteiger partial charge in [0.2, 0.25) is 5.89 Å². The van der Waals surface area contributed by atoms with Gasteiger partial charge in [-0.05, 0) is 50.8 Å². The number of ether oxygens (including phenoxy) is 1. The Bertz CT molecular complexity index is 772. The van der Waals surface area contributed by atoms with Crippen molar-refractivity contribution < 1.29 is 18.3 Å². The Morgan fingerprint density at radius 2 is 2.23 bits per heavy atom. The van der Waals surface area contributed by atoms with Crippen LogP contribution in [-0.4, -0.2) is 35.0 Å². The minimum absolute atomic E-state index is 0.0606. The molecule has 0 saturated carbocycles. The third-order valence-electron chi connectivity index (χ3n) is 4.91. The first-order chi connectivity index (χ1) is 12.4. The van der Waals surface area contributed by atoms with E-state index in [1.165, 1.54) is 12.1 Å². The van der Waals surface area contributed by atoms with Crippen LogP contribution < -0.4 is 0 Å². The lowest BCUT2D eigenvalue weighted by Gasteiger charge is -2.38. The summed E-state index contributed by atoms with van der Waals surface area (Å²) < 4.78 is 24.6. The van der Waals surface area contributed by atoms with E-state index in [0.717, 1.165) is 24.8 Å². The fourth-order valence-electron chi connectivity index (χ4n) is 3.27.